The molecule has 7 nitrogen and oxygen atoms in total. The number of nitrogens with zero attached hydrogens (tertiary/aromatic N) is 2. The maximum atomic E-state index is 12.9. The van der Waals surface area contributed by atoms with Gasteiger partial charge in [-0.25, -0.2) is 0 Å². The van der Waals surface area contributed by atoms with Crippen molar-refractivity contribution in [3.05, 3.63) is 44.9 Å². The summed E-state index contributed by atoms with van der Waals surface area (Å²) >= 11 is 0. The van der Waals surface area contributed by atoms with Crippen LogP contribution in [0, 0.1) is 23.7 Å². The molecule has 1 saturated heterocycles. The van der Waals surface area contributed by atoms with Crippen molar-refractivity contribution in [1.82, 2.24) is 9.88 Å². The number of carboxylic acid groups (broad SMARTS) is 1. The predicted octanol–water partition coefficient (Wildman–Crippen LogP) is 2.22. The summed E-state index contributed by atoms with van der Waals surface area (Å²) in [5, 5.41) is 18.8. The van der Waals surface area contributed by atoms with Gasteiger partial charge in [0.15, 0.2) is 0 Å². The van der Waals surface area contributed by atoms with E-state index in [0.717, 1.165) is 5.57 Å². The zero-order chi connectivity index (χ0) is 19.5. The fourth-order valence-electron chi connectivity index (χ4n) is 3.23. The number of aromatic amines is 1. The van der Waals surface area contributed by atoms with Gasteiger partial charge < -0.3 is 15.0 Å². The van der Waals surface area contributed by atoms with E-state index in [1.165, 1.54) is 11.0 Å². The van der Waals surface area contributed by atoms with Crippen LogP contribution in [-0.4, -0.2) is 40.0 Å². The van der Waals surface area contributed by atoms with Crippen molar-refractivity contribution >= 4 is 11.9 Å². The minimum absolute atomic E-state index is 0.103. The fraction of sp³-hybridized carbons (Fsp3) is 0.474. The molecule has 1 aliphatic heterocycles. The lowest BCUT2D eigenvalue weighted by molar-refractivity contribution is -0.151. The minimum Gasteiger partial charge on any atom is -0.481 e. The normalized spacial score (nSPS) is 19.5. The number of hydrogen-bond donors (Lipinski definition) is 2. The van der Waals surface area contributed by atoms with Crippen LogP contribution in [0.5, 0.6) is 0 Å². The van der Waals surface area contributed by atoms with E-state index in [2.05, 4.69) is 4.98 Å². The van der Waals surface area contributed by atoms with Gasteiger partial charge >= 0.3 is 5.97 Å². The number of aryl methyl sites for hydroxylation is 1. The number of aliphatic carboxylic acids is 1. The summed E-state index contributed by atoms with van der Waals surface area (Å²) in [6.07, 6.45) is 3.34. The van der Waals surface area contributed by atoms with Crippen LogP contribution in [0.3, 0.4) is 0 Å². The number of likely N-dealkylation sites (tertiary alicyclic amines) is 1. The third-order valence-electron chi connectivity index (χ3n) is 4.81. The van der Waals surface area contributed by atoms with Crippen LogP contribution in [0.4, 0.5) is 0 Å². The molecular formula is C19H23N3O4. The van der Waals surface area contributed by atoms with E-state index < -0.39 is 16.9 Å². The number of aromatic nitrogens is 1. The number of hydrogen-bond acceptors (Lipinski definition) is 4. The van der Waals surface area contributed by atoms with E-state index >= 15 is 0 Å². The maximum Gasteiger partial charge on any atom is 0.311 e. The fourth-order valence-corrected chi connectivity index (χ4v) is 3.23. The van der Waals surface area contributed by atoms with Gasteiger partial charge in [0.1, 0.15) is 11.6 Å². The number of nitrogens with one attached hydrogen (secondary N) is 1. The summed E-state index contributed by atoms with van der Waals surface area (Å²) in [6.45, 7) is 5.96. The van der Waals surface area contributed by atoms with E-state index in [-0.39, 0.29) is 23.6 Å². The molecule has 0 saturated carbocycles. The molecule has 0 bridgehead atoms. The van der Waals surface area contributed by atoms with Crippen molar-refractivity contribution < 1.29 is 14.7 Å². The molecule has 1 fully saturated rings. The molecule has 0 spiro atoms. The molecule has 138 valence electrons. The Morgan fingerprint density at radius 2 is 2.15 bits per heavy atom. The summed E-state index contributed by atoms with van der Waals surface area (Å²) in [5.41, 5.74) is -0.0588. The van der Waals surface area contributed by atoms with Crippen LogP contribution in [0.25, 0.3) is 0 Å². The molecule has 0 radical (unpaired) electrons. The van der Waals surface area contributed by atoms with Gasteiger partial charge in [0, 0.05) is 18.8 Å². The molecule has 1 aromatic heterocycles. The smallest absolute Gasteiger partial charge is 0.311 e. The van der Waals surface area contributed by atoms with Crippen LogP contribution in [0.1, 0.15) is 54.7 Å². The largest absolute Gasteiger partial charge is 0.481 e. The van der Waals surface area contributed by atoms with Gasteiger partial charge in [-0.15, -0.1) is 0 Å². The molecule has 0 unspecified atom stereocenters. The van der Waals surface area contributed by atoms with Crippen LogP contribution < -0.4 is 5.56 Å². The summed E-state index contributed by atoms with van der Waals surface area (Å²) in [4.78, 5) is 40.6. The lowest BCUT2D eigenvalue weighted by atomic mass is 9.76. The van der Waals surface area contributed by atoms with Crippen LogP contribution in [0.2, 0.25) is 0 Å². The van der Waals surface area contributed by atoms with Gasteiger partial charge in [-0.1, -0.05) is 11.6 Å². The zero-order valence-corrected chi connectivity index (χ0v) is 15.3. The van der Waals surface area contributed by atoms with Gasteiger partial charge in [0.25, 0.3) is 11.5 Å². The maximum absolute atomic E-state index is 12.9. The number of carboxylic acids is 1. The number of carbonyl (C=O) groups excluding carboxylic acids is 1. The molecule has 1 atom stereocenters. The molecule has 2 N–H and O–H groups in total. The highest BCUT2D eigenvalue weighted by Gasteiger charge is 2.43. The van der Waals surface area contributed by atoms with E-state index in [1.807, 2.05) is 19.9 Å². The van der Waals surface area contributed by atoms with E-state index in [0.29, 0.717) is 31.5 Å². The van der Waals surface area contributed by atoms with Crippen molar-refractivity contribution in [2.75, 3.05) is 13.1 Å². The van der Waals surface area contributed by atoms with Crippen molar-refractivity contribution in [3.8, 4) is 6.07 Å². The second kappa shape index (κ2) is 7.56. The molecule has 2 heterocycles. The lowest BCUT2D eigenvalue weighted by Gasteiger charge is -2.39. The molecule has 7 heteroatoms. The quantitative estimate of drug-likeness (QED) is 0.802. The first kappa shape index (κ1) is 19.4. The van der Waals surface area contributed by atoms with E-state index in [9.17, 15) is 19.5 Å². The van der Waals surface area contributed by atoms with Gasteiger partial charge in [-0.2, -0.15) is 5.26 Å². The number of pyridine rings is 1. The second-order valence-corrected chi connectivity index (χ2v) is 7.06. The van der Waals surface area contributed by atoms with Crippen molar-refractivity contribution in [3.63, 3.8) is 0 Å². The molecule has 26 heavy (non-hydrogen) atoms. The summed E-state index contributed by atoms with van der Waals surface area (Å²) in [6, 6.07) is 3.05. The van der Waals surface area contributed by atoms with Gasteiger partial charge in [-0.05, 0) is 46.1 Å². The number of carbonyl (C=O) groups is 2. The molecular weight excluding hydrogens is 334 g/mol. The molecule has 0 aliphatic carbocycles. The second-order valence-electron chi connectivity index (χ2n) is 7.06. The Morgan fingerprint density at radius 3 is 2.73 bits per heavy atom. The number of nitriles is 1. The Labute approximate surface area is 151 Å². The number of H-pyrrole nitrogens is 1. The van der Waals surface area contributed by atoms with Crippen LogP contribution >= 0.6 is 0 Å². The highest BCUT2D eigenvalue weighted by Crippen LogP contribution is 2.35. The standard InChI is InChI=1S/C19H23N3O4/c1-12(2)5-7-19(18(25)26)6-4-8-22(11-19)17(24)15-9-14(10-20)16(23)21-13(15)3/h5,9H,4,6-8,11H2,1-3H3,(H,21,23)(H,25,26)/t19-/m0/s1. The van der Waals surface area contributed by atoms with Crippen molar-refractivity contribution in [2.24, 2.45) is 5.41 Å². The first-order valence-corrected chi connectivity index (χ1v) is 8.50. The highest BCUT2D eigenvalue weighted by molar-refractivity contribution is 5.96. The third-order valence-corrected chi connectivity index (χ3v) is 4.81. The SMILES string of the molecule is CC(C)=CC[C@@]1(C(=O)O)CCCN(C(=O)c2cc(C#N)c(=O)[nH]c2C)C1. The Balaban J connectivity index is 2.35. The number of allylic oxidation sites excluding steroid dienone is 2. The van der Waals surface area contributed by atoms with Gasteiger partial charge in [0.05, 0.1) is 11.0 Å². The van der Waals surface area contributed by atoms with Crippen molar-refractivity contribution in [1.29, 1.82) is 5.26 Å². The monoisotopic (exact) mass is 357 g/mol. The number of rotatable bonds is 4. The Bertz CT molecular complexity index is 859. The topological polar surface area (TPSA) is 114 Å². The predicted molar refractivity (Wildman–Crippen MR) is 95.8 cm³/mol. The van der Waals surface area contributed by atoms with Gasteiger partial charge in [-0.3, -0.25) is 14.4 Å². The highest BCUT2D eigenvalue weighted by atomic mass is 16.4. The van der Waals surface area contributed by atoms with E-state index in [4.69, 9.17) is 5.26 Å². The lowest BCUT2D eigenvalue weighted by Crippen LogP contribution is -2.50. The summed E-state index contributed by atoms with van der Waals surface area (Å²) < 4.78 is 0. The molecule has 2 rings (SSSR count). The first-order chi connectivity index (χ1) is 12.2. The summed E-state index contributed by atoms with van der Waals surface area (Å²) in [7, 11) is 0. The molecule has 0 aromatic carbocycles. The molecule has 1 aliphatic rings. The summed E-state index contributed by atoms with van der Waals surface area (Å²) in [5.74, 6) is -1.28. The zero-order valence-electron chi connectivity index (χ0n) is 15.3. The third kappa shape index (κ3) is 3.85. The average Bonchev–Trinajstić information content (AvgIpc) is 2.59. The molecule has 1 amide bonds. The van der Waals surface area contributed by atoms with Crippen LogP contribution in [0.15, 0.2) is 22.5 Å². The average molecular weight is 357 g/mol. The number of amides is 1. The Morgan fingerprint density at radius 1 is 1.46 bits per heavy atom. The van der Waals surface area contributed by atoms with Crippen LogP contribution in [-0.2, 0) is 4.79 Å². The Kier molecular flexibility index (Phi) is 5.66. The Hall–Kier alpha value is -2.88. The van der Waals surface area contributed by atoms with E-state index in [1.54, 1.807) is 13.0 Å². The first-order valence-electron chi connectivity index (χ1n) is 8.50. The van der Waals surface area contributed by atoms with Crippen molar-refractivity contribution in [2.45, 2.75) is 40.0 Å². The minimum atomic E-state index is -1.01. The van der Waals surface area contributed by atoms with Gasteiger partial charge in [0.2, 0.25) is 0 Å². The number of piperidine rings is 1. The molecule has 1 aromatic rings.